The fourth-order valence-corrected chi connectivity index (χ4v) is 1.92. The van der Waals surface area contributed by atoms with Gasteiger partial charge in [-0.15, -0.1) is 0 Å². The van der Waals surface area contributed by atoms with E-state index in [0.29, 0.717) is 0 Å². The van der Waals surface area contributed by atoms with E-state index in [0.717, 1.165) is 18.2 Å². The van der Waals surface area contributed by atoms with E-state index in [1.807, 2.05) is 30.3 Å². The van der Waals surface area contributed by atoms with Gasteiger partial charge in [-0.1, -0.05) is 6.07 Å². The number of nitrogens with zero attached hydrogens (tertiary/aromatic N) is 3. The average Bonchev–Trinajstić information content (AvgIpc) is 3.28. The fourth-order valence-electron chi connectivity index (χ4n) is 1.92. The first kappa shape index (κ1) is 17.8. The molecule has 0 aromatic carbocycles. The van der Waals surface area contributed by atoms with E-state index in [4.69, 9.17) is 9.90 Å². The maximum absolute atomic E-state index is 10.6. The van der Waals surface area contributed by atoms with Crippen molar-refractivity contribution in [1.82, 2.24) is 14.8 Å². The standard InChI is InChI=1S/C13H16N4.C2HF3O2/c1-14-12-7-16-17(9-12)8-10-2-5-13(15-6-10)11-3-4-11;3-2(4,5)1(6)7/h2,5-7,9,11,14H,3-4,8H2,1H3;(H,6,7). The topological polar surface area (TPSA) is 80.0 Å². The van der Waals surface area contributed by atoms with Gasteiger partial charge in [0.2, 0.25) is 0 Å². The monoisotopic (exact) mass is 342 g/mol. The average molecular weight is 342 g/mol. The molecule has 2 aromatic heterocycles. The Balaban J connectivity index is 0.000000256. The van der Waals surface area contributed by atoms with Crippen LogP contribution >= 0.6 is 0 Å². The number of alkyl halides is 3. The van der Waals surface area contributed by atoms with Crippen LogP contribution in [-0.2, 0) is 11.3 Å². The number of carbonyl (C=O) groups is 1. The highest BCUT2D eigenvalue weighted by Gasteiger charge is 2.38. The Morgan fingerprint density at radius 3 is 2.46 bits per heavy atom. The molecule has 1 saturated carbocycles. The number of hydrogen-bond donors (Lipinski definition) is 2. The third-order valence-corrected chi connectivity index (χ3v) is 3.35. The third kappa shape index (κ3) is 5.25. The summed E-state index contributed by atoms with van der Waals surface area (Å²) in [7, 11) is 1.90. The zero-order valence-electron chi connectivity index (χ0n) is 12.9. The number of aliphatic carboxylic acids is 1. The maximum Gasteiger partial charge on any atom is 0.490 e. The molecule has 1 fully saturated rings. The van der Waals surface area contributed by atoms with Crippen molar-refractivity contribution >= 4 is 11.7 Å². The summed E-state index contributed by atoms with van der Waals surface area (Å²) in [5.41, 5.74) is 3.47. The number of carboxylic acids is 1. The number of carboxylic acid groups (broad SMARTS) is 1. The van der Waals surface area contributed by atoms with Crippen molar-refractivity contribution in [3.63, 3.8) is 0 Å². The number of rotatable bonds is 4. The van der Waals surface area contributed by atoms with Crippen LogP contribution in [0.15, 0.2) is 30.7 Å². The molecule has 1 aliphatic rings. The summed E-state index contributed by atoms with van der Waals surface area (Å²) < 4.78 is 33.7. The summed E-state index contributed by atoms with van der Waals surface area (Å²) in [5.74, 6) is -2.03. The zero-order valence-corrected chi connectivity index (χ0v) is 12.9. The van der Waals surface area contributed by atoms with Gasteiger partial charge in [-0.2, -0.15) is 18.3 Å². The molecule has 2 aromatic rings. The van der Waals surface area contributed by atoms with Gasteiger partial charge >= 0.3 is 12.1 Å². The summed E-state index contributed by atoms with van der Waals surface area (Å²) in [5, 5.41) is 14.5. The Morgan fingerprint density at radius 1 is 1.38 bits per heavy atom. The minimum atomic E-state index is -5.08. The molecular formula is C15H17F3N4O2. The van der Waals surface area contributed by atoms with E-state index in [1.165, 1.54) is 24.1 Å². The zero-order chi connectivity index (χ0) is 17.7. The molecule has 0 atom stereocenters. The van der Waals surface area contributed by atoms with E-state index in [9.17, 15) is 13.2 Å². The lowest BCUT2D eigenvalue weighted by Crippen LogP contribution is -2.21. The molecule has 0 bridgehead atoms. The van der Waals surface area contributed by atoms with E-state index in [1.54, 1.807) is 0 Å². The molecule has 0 saturated heterocycles. The van der Waals surface area contributed by atoms with Crippen molar-refractivity contribution in [3.8, 4) is 0 Å². The predicted octanol–water partition coefficient (Wildman–Crippen LogP) is 2.88. The second-order valence-electron chi connectivity index (χ2n) is 5.35. The Morgan fingerprint density at radius 2 is 2.04 bits per heavy atom. The van der Waals surface area contributed by atoms with Crippen LogP contribution in [0.3, 0.4) is 0 Å². The van der Waals surface area contributed by atoms with E-state index >= 15 is 0 Å². The number of pyridine rings is 1. The third-order valence-electron chi connectivity index (χ3n) is 3.35. The van der Waals surface area contributed by atoms with Crippen molar-refractivity contribution in [2.75, 3.05) is 12.4 Å². The molecule has 9 heteroatoms. The van der Waals surface area contributed by atoms with Gasteiger partial charge in [0.25, 0.3) is 0 Å². The summed E-state index contributed by atoms with van der Waals surface area (Å²) in [6.07, 6.45) is 3.31. The van der Waals surface area contributed by atoms with Crippen LogP contribution < -0.4 is 5.32 Å². The number of hydrogen-bond acceptors (Lipinski definition) is 4. The lowest BCUT2D eigenvalue weighted by atomic mass is 10.2. The molecule has 130 valence electrons. The van der Waals surface area contributed by atoms with Gasteiger partial charge in [0.1, 0.15) is 0 Å². The Kier molecular flexibility index (Phi) is 5.42. The predicted molar refractivity (Wildman–Crippen MR) is 80.8 cm³/mol. The molecule has 0 amide bonds. The van der Waals surface area contributed by atoms with Crippen LogP contribution in [0, 0.1) is 0 Å². The second-order valence-corrected chi connectivity index (χ2v) is 5.35. The van der Waals surface area contributed by atoms with Crippen LogP contribution in [0.25, 0.3) is 0 Å². The first-order valence-corrected chi connectivity index (χ1v) is 7.24. The quantitative estimate of drug-likeness (QED) is 0.893. The molecule has 1 aliphatic carbocycles. The van der Waals surface area contributed by atoms with Crippen LogP contribution in [-0.4, -0.2) is 39.1 Å². The largest absolute Gasteiger partial charge is 0.490 e. The van der Waals surface area contributed by atoms with Crippen LogP contribution in [0.5, 0.6) is 0 Å². The van der Waals surface area contributed by atoms with Gasteiger partial charge in [-0.05, 0) is 24.5 Å². The molecular weight excluding hydrogens is 325 g/mol. The van der Waals surface area contributed by atoms with E-state index in [-0.39, 0.29) is 0 Å². The van der Waals surface area contributed by atoms with Crippen molar-refractivity contribution in [2.24, 2.45) is 0 Å². The van der Waals surface area contributed by atoms with Gasteiger partial charge < -0.3 is 10.4 Å². The number of anilines is 1. The molecule has 6 nitrogen and oxygen atoms in total. The molecule has 3 rings (SSSR count). The van der Waals surface area contributed by atoms with E-state index < -0.39 is 12.1 Å². The highest BCUT2D eigenvalue weighted by Crippen LogP contribution is 2.38. The molecule has 0 aliphatic heterocycles. The number of aromatic nitrogens is 3. The van der Waals surface area contributed by atoms with Gasteiger partial charge in [-0.3, -0.25) is 9.67 Å². The first-order valence-electron chi connectivity index (χ1n) is 7.24. The molecule has 0 radical (unpaired) electrons. The minimum absolute atomic E-state index is 0.727. The molecule has 0 spiro atoms. The van der Waals surface area contributed by atoms with Crippen LogP contribution in [0.2, 0.25) is 0 Å². The smallest absolute Gasteiger partial charge is 0.475 e. The molecule has 2 heterocycles. The van der Waals surface area contributed by atoms with Crippen molar-refractivity contribution in [2.45, 2.75) is 31.5 Å². The van der Waals surface area contributed by atoms with Crippen molar-refractivity contribution in [3.05, 3.63) is 42.0 Å². The maximum atomic E-state index is 10.6. The lowest BCUT2D eigenvalue weighted by Gasteiger charge is -2.03. The summed E-state index contributed by atoms with van der Waals surface area (Å²) in [6.45, 7) is 0.777. The van der Waals surface area contributed by atoms with Gasteiger partial charge in [0.15, 0.2) is 0 Å². The molecule has 24 heavy (non-hydrogen) atoms. The molecule has 0 unspecified atom stereocenters. The highest BCUT2D eigenvalue weighted by atomic mass is 19.4. The van der Waals surface area contributed by atoms with Crippen molar-refractivity contribution < 1.29 is 23.1 Å². The fraction of sp³-hybridized carbons (Fsp3) is 0.400. The van der Waals surface area contributed by atoms with Gasteiger partial charge in [-0.25, -0.2) is 4.79 Å². The SMILES string of the molecule is CNc1cnn(Cc2ccc(C3CC3)nc2)c1.O=C(O)C(F)(F)F. The number of halogens is 3. The summed E-state index contributed by atoms with van der Waals surface area (Å²) >= 11 is 0. The normalized spacial score (nSPS) is 13.8. The highest BCUT2D eigenvalue weighted by molar-refractivity contribution is 5.73. The first-order chi connectivity index (χ1) is 11.3. The van der Waals surface area contributed by atoms with Crippen molar-refractivity contribution in [1.29, 1.82) is 0 Å². The number of nitrogens with one attached hydrogen (secondary N) is 1. The van der Waals surface area contributed by atoms with Gasteiger partial charge in [0.05, 0.1) is 18.4 Å². The second kappa shape index (κ2) is 7.33. The van der Waals surface area contributed by atoms with Gasteiger partial charge in [0, 0.05) is 31.1 Å². The van der Waals surface area contributed by atoms with E-state index in [2.05, 4.69) is 27.5 Å². The summed E-state index contributed by atoms with van der Waals surface area (Å²) in [6, 6.07) is 4.30. The summed E-state index contributed by atoms with van der Waals surface area (Å²) in [4.78, 5) is 13.4. The Hall–Kier alpha value is -2.58. The lowest BCUT2D eigenvalue weighted by molar-refractivity contribution is -0.192. The molecule has 2 N–H and O–H groups in total. The minimum Gasteiger partial charge on any atom is -0.475 e. The Labute approximate surface area is 136 Å². The van der Waals surface area contributed by atoms with Crippen LogP contribution in [0.1, 0.15) is 30.0 Å². The Bertz CT molecular complexity index is 679. The van der Waals surface area contributed by atoms with Crippen LogP contribution in [0.4, 0.5) is 18.9 Å².